The van der Waals surface area contributed by atoms with Crippen molar-refractivity contribution in [3.63, 3.8) is 0 Å². The second-order valence-electron chi connectivity index (χ2n) is 5.72. The summed E-state index contributed by atoms with van der Waals surface area (Å²) in [5.41, 5.74) is 8.58. The number of nitrogens with zero attached hydrogens (tertiary/aromatic N) is 1. The van der Waals surface area contributed by atoms with Crippen molar-refractivity contribution in [1.82, 2.24) is 4.98 Å². The maximum absolute atomic E-state index is 5.82. The van der Waals surface area contributed by atoms with E-state index >= 15 is 0 Å². The lowest BCUT2D eigenvalue weighted by Crippen LogP contribution is -2.24. The van der Waals surface area contributed by atoms with Crippen molar-refractivity contribution in [3.05, 3.63) is 23.4 Å². The van der Waals surface area contributed by atoms with Crippen molar-refractivity contribution in [2.75, 3.05) is 18.4 Å². The second kappa shape index (κ2) is 5.27. The van der Waals surface area contributed by atoms with Crippen molar-refractivity contribution in [1.29, 1.82) is 0 Å². The van der Waals surface area contributed by atoms with Crippen LogP contribution in [0.5, 0.6) is 0 Å². The highest BCUT2D eigenvalue weighted by atomic mass is 15.0. The summed E-state index contributed by atoms with van der Waals surface area (Å²) in [4.78, 5) is 4.72. The smallest absolute Gasteiger partial charge is 0.126 e. The second-order valence-corrected chi connectivity index (χ2v) is 5.72. The van der Waals surface area contributed by atoms with Crippen LogP contribution in [-0.4, -0.2) is 18.1 Å². The van der Waals surface area contributed by atoms with Crippen LogP contribution in [0.2, 0.25) is 0 Å². The van der Waals surface area contributed by atoms with Gasteiger partial charge >= 0.3 is 0 Å². The summed E-state index contributed by atoms with van der Waals surface area (Å²) in [5.74, 6) is 2.51. The molecular formula is C15H23N3. The highest BCUT2D eigenvalue weighted by molar-refractivity contribution is 5.40. The average molecular weight is 245 g/mol. The Morgan fingerprint density at radius 3 is 2.94 bits per heavy atom. The Hall–Kier alpha value is -1.09. The molecule has 18 heavy (non-hydrogen) atoms. The van der Waals surface area contributed by atoms with E-state index in [0.29, 0.717) is 5.92 Å². The molecule has 0 radical (unpaired) electrons. The van der Waals surface area contributed by atoms with Gasteiger partial charge in [-0.15, -0.1) is 0 Å². The summed E-state index contributed by atoms with van der Waals surface area (Å²) >= 11 is 0. The first-order valence-electron chi connectivity index (χ1n) is 7.29. The third-order valence-electron chi connectivity index (χ3n) is 4.59. The first-order chi connectivity index (χ1) is 8.86. The number of rotatable bonds is 4. The molecule has 2 aliphatic rings. The number of nitrogens with two attached hydrogens (primary N) is 1. The van der Waals surface area contributed by atoms with E-state index in [1.165, 1.54) is 43.4 Å². The number of hydrogen-bond acceptors (Lipinski definition) is 3. The van der Waals surface area contributed by atoms with E-state index in [1.807, 2.05) is 0 Å². The number of pyridine rings is 1. The SMILES string of the molecule is NCC1CCCC1CNc1ccc2c(n1)CCC2. The lowest BCUT2D eigenvalue weighted by molar-refractivity contribution is 0.414. The lowest BCUT2D eigenvalue weighted by Gasteiger charge is -2.18. The Balaban J connectivity index is 1.60. The zero-order chi connectivity index (χ0) is 12.4. The number of anilines is 1. The van der Waals surface area contributed by atoms with E-state index in [2.05, 4.69) is 17.4 Å². The standard InChI is InChI=1S/C15H23N3/c16-9-12-4-1-5-13(12)10-17-15-8-7-11-3-2-6-14(11)18-15/h7-8,12-13H,1-6,9-10,16H2,(H,17,18). The molecule has 3 nitrogen and oxygen atoms in total. The number of nitrogens with one attached hydrogen (secondary N) is 1. The Bertz CT molecular complexity index is 416. The van der Waals surface area contributed by atoms with Crippen LogP contribution in [0.3, 0.4) is 0 Å². The van der Waals surface area contributed by atoms with Crippen LogP contribution in [0.15, 0.2) is 12.1 Å². The summed E-state index contributed by atoms with van der Waals surface area (Å²) in [6.07, 6.45) is 7.59. The van der Waals surface area contributed by atoms with Crippen molar-refractivity contribution < 1.29 is 0 Å². The lowest BCUT2D eigenvalue weighted by atomic mass is 9.96. The van der Waals surface area contributed by atoms with Gasteiger partial charge in [0.05, 0.1) is 0 Å². The molecule has 1 aromatic rings. The zero-order valence-corrected chi connectivity index (χ0v) is 11.0. The molecule has 1 fully saturated rings. The minimum absolute atomic E-state index is 0.715. The van der Waals surface area contributed by atoms with E-state index in [-0.39, 0.29) is 0 Å². The monoisotopic (exact) mass is 245 g/mol. The van der Waals surface area contributed by atoms with Gasteiger partial charge in [-0.3, -0.25) is 0 Å². The van der Waals surface area contributed by atoms with Gasteiger partial charge in [0.1, 0.15) is 5.82 Å². The highest BCUT2D eigenvalue weighted by Crippen LogP contribution is 2.31. The largest absolute Gasteiger partial charge is 0.370 e. The van der Waals surface area contributed by atoms with Gasteiger partial charge in [0, 0.05) is 12.2 Å². The minimum Gasteiger partial charge on any atom is -0.370 e. The molecule has 98 valence electrons. The summed E-state index contributed by atoms with van der Waals surface area (Å²) in [6, 6.07) is 4.38. The van der Waals surface area contributed by atoms with Gasteiger partial charge in [-0.05, 0) is 62.1 Å². The maximum Gasteiger partial charge on any atom is 0.126 e. The topological polar surface area (TPSA) is 50.9 Å². The third-order valence-corrected chi connectivity index (χ3v) is 4.59. The highest BCUT2D eigenvalue weighted by Gasteiger charge is 2.25. The fourth-order valence-electron chi connectivity index (χ4n) is 3.45. The van der Waals surface area contributed by atoms with E-state index in [0.717, 1.165) is 31.2 Å². The Morgan fingerprint density at radius 2 is 2.06 bits per heavy atom. The van der Waals surface area contributed by atoms with Crippen LogP contribution < -0.4 is 11.1 Å². The molecule has 1 aromatic heterocycles. The van der Waals surface area contributed by atoms with E-state index in [4.69, 9.17) is 10.7 Å². The molecule has 3 N–H and O–H groups in total. The minimum atomic E-state index is 0.715. The zero-order valence-electron chi connectivity index (χ0n) is 11.0. The molecule has 0 amide bonds. The van der Waals surface area contributed by atoms with Crippen LogP contribution in [0.25, 0.3) is 0 Å². The van der Waals surface area contributed by atoms with Crippen molar-refractivity contribution in [3.8, 4) is 0 Å². The average Bonchev–Trinajstić information content (AvgIpc) is 3.04. The van der Waals surface area contributed by atoms with Gasteiger partial charge in [0.25, 0.3) is 0 Å². The predicted octanol–water partition coefficient (Wildman–Crippen LogP) is 2.36. The van der Waals surface area contributed by atoms with E-state index in [9.17, 15) is 0 Å². The van der Waals surface area contributed by atoms with Crippen LogP contribution >= 0.6 is 0 Å². The van der Waals surface area contributed by atoms with Gasteiger partial charge in [-0.25, -0.2) is 4.98 Å². The van der Waals surface area contributed by atoms with Gasteiger partial charge in [0.2, 0.25) is 0 Å². The van der Waals surface area contributed by atoms with Crippen molar-refractivity contribution in [2.24, 2.45) is 17.6 Å². The number of aromatic nitrogens is 1. The molecule has 2 atom stereocenters. The summed E-state index contributed by atoms with van der Waals surface area (Å²) in [5, 5.41) is 3.51. The van der Waals surface area contributed by atoms with Crippen LogP contribution in [-0.2, 0) is 12.8 Å². The van der Waals surface area contributed by atoms with Gasteiger partial charge in [-0.1, -0.05) is 12.5 Å². The number of hydrogen-bond donors (Lipinski definition) is 2. The molecule has 1 heterocycles. The van der Waals surface area contributed by atoms with Crippen molar-refractivity contribution in [2.45, 2.75) is 38.5 Å². The number of aryl methyl sites for hydroxylation is 2. The predicted molar refractivity (Wildman–Crippen MR) is 74.6 cm³/mol. The summed E-state index contributed by atoms with van der Waals surface area (Å²) < 4.78 is 0. The quantitative estimate of drug-likeness (QED) is 0.856. The van der Waals surface area contributed by atoms with Crippen LogP contribution in [0, 0.1) is 11.8 Å². The fraction of sp³-hybridized carbons (Fsp3) is 0.667. The molecule has 0 spiro atoms. The van der Waals surface area contributed by atoms with Gasteiger partial charge in [-0.2, -0.15) is 0 Å². The molecule has 3 rings (SSSR count). The maximum atomic E-state index is 5.82. The normalized spacial score (nSPS) is 26.3. The van der Waals surface area contributed by atoms with Gasteiger partial charge < -0.3 is 11.1 Å². The molecule has 3 heteroatoms. The van der Waals surface area contributed by atoms with Crippen LogP contribution in [0.4, 0.5) is 5.82 Å². The molecule has 0 aromatic carbocycles. The summed E-state index contributed by atoms with van der Waals surface area (Å²) in [6.45, 7) is 1.87. The Kier molecular flexibility index (Phi) is 3.50. The molecule has 1 saturated carbocycles. The molecule has 2 aliphatic carbocycles. The van der Waals surface area contributed by atoms with E-state index in [1.54, 1.807) is 0 Å². The first kappa shape index (κ1) is 12.0. The third kappa shape index (κ3) is 2.37. The van der Waals surface area contributed by atoms with Crippen LogP contribution in [0.1, 0.15) is 36.9 Å². The Morgan fingerprint density at radius 1 is 1.17 bits per heavy atom. The van der Waals surface area contributed by atoms with Gasteiger partial charge in [0.15, 0.2) is 0 Å². The van der Waals surface area contributed by atoms with Crippen molar-refractivity contribution >= 4 is 5.82 Å². The number of fused-ring (bicyclic) bond motifs is 1. The molecule has 2 unspecified atom stereocenters. The molecule has 0 aliphatic heterocycles. The fourth-order valence-corrected chi connectivity index (χ4v) is 3.45. The first-order valence-corrected chi connectivity index (χ1v) is 7.29. The Labute approximate surface area is 109 Å². The molecule has 0 saturated heterocycles. The molecule has 0 bridgehead atoms. The molecular weight excluding hydrogens is 222 g/mol. The summed E-state index contributed by atoms with van der Waals surface area (Å²) in [7, 11) is 0. The van der Waals surface area contributed by atoms with E-state index < -0.39 is 0 Å².